The standard InChI is InChI=1S/C31H31N3O2S/c1-22(34-15-13-28-27(14-20-37-28)29(34)24-8-3-2-4-9-24)30(35)32-16-18-33(19-17-32)31(36)26-12-11-23-7-5-6-10-25(23)21-26/h2-12,14,20-22,29H,13,15-19H2,1H3. The van der Waals surface area contributed by atoms with Crippen LogP contribution in [0.25, 0.3) is 10.8 Å². The summed E-state index contributed by atoms with van der Waals surface area (Å²) >= 11 is 1.82. The van der Waals surface area contributed by atoms with Gasteiger partial charge in [0.25, 0.3) is 5.91 Å². The Morgan fingerprint density at radius 3 is 2.30 bits per heavy atom. The van der Waals surface area contributed by atoms with Crippen molar-refractivity contribution in [3.8, 4) is 0 Å². The summed E-state index contributed by atoms with van der Waals surface area (Å²) in [5.41, 5.74) is 3.26. The molecule has 6 heteroatoms. The zero-order valence-electron chi connectivity index (χ0n) is 21.0. The SMILES string of the molecule is CC(C(=O)N1CCN(C(=O)c2ccc3ccccc3c2)CC1)N1CCc2sccc2C1c1ccccc1. The van der Waals surface area contributed by atoms with E-state index in [1.54, 1.807) is 0 Å². The van der Waals surface area contributed by atoms with Crippen molar-refractivity contribution >= 4 is 33.9 Å². The van der Waals surface area contributed by atoms with Gasteiger partial charge in [-0.2, -0.15) is 0 Å². The highest BCUT2D eigenvalue weighted by atomic mass is 32.1. The van der Waals surface area contributed by atoms with E-state index in [9.17, 15) is 9.59 Å². The third-order valence-electron chi connectivity index (χ3n) is 7.85. The van der Waals surface area contributed by atoms with Crippen molar-refractivity contribution in [2.75, 3.05) is 32.7 Å². The predicted octanol–water partition coefficient (Wildman–Crippen LogP) is 5.22. The van der Waals surface area contributed by atoms with Crippen LogP contribution in [0.1, 0.15) is 39.3 Å². The van der Waals surface area contributed by atoms with Crippen molar-refractivity contribution in [1.29, 1.82) is 0 Å². The summed E-state index contributed by atoms with van der Waals surface area (Å²) in [6.07, 6.45) is 0.974. The molecule has 0 spiro atoms. The fourth-order valence-corrected chi connectivity index (χ4v) is 6.70. The Hall–Kier alpha value is -3.48. The molecule has 0 saturated carbocycles. The van der Waals surface area contributed by atoms with Crippen LogP contribution < -0.4 is 0 Å². The number of carbonyl (C=O) groups is 2. The lowest BCUT2D eigenvalue weighted by Gasteiger charge is -2.42. The first-order valence-electron chi connectivity index (χ1n) is 13.0. The summed E-state index contributed by atoms with van der Waals surface area (Å²) in [4.78, 5) is 34.5. The molecule has 2 aliphatic heterocycles. The number of thiophene rings is 1. The quantitative estimate of drug-likeness (QED) is 0.379. The Kier molecular flexibility index (Phi) is 6.53. The average molecular weight is 510 g/mol. The van der Waals surface area contributed by atoms with Crippen LogP contribution in [0.4, 0.5) is 0 Å². The topological polar surface area (TPSA) is 43.9 Å². The smallest absolute Gasteiger partial charge is 0.253 e. The lowest BCUT2D eigenvalue weighted by molar-refractivity contribution is -0.138. The van der Waals surface area contributed by atoms with Gasteiger partial charge in [-0.3, -0.25) is 14.5 Å². The van der Waals surface area contributed by atoms with E-state index in [1.807, 2.05) is 70.5 Å². The van der Waals surface area contributed by atoms with Gasteiger partial charge in [0.2, 0.25) is 5.91 Å². The van der Waals surface area contributed by atoms with Crippen molar-refractivity contribution in [2.45, 2.75) is 25.4 Å². The van der Waals surface area contributed by atoms with Gasteiger partial charge < -0.3 is 9.80 Å². The van der Waals surface area contributed by atoms with Crippen molar-refractivity contribution in [3.63, 3.8) is 0 Å². The van der Waals surface area contributed by atoms with Crippen LogP contribution in [0, 0.1) is 0 Å². The molecule has 1 fully saturated rings. The molecule has 5 nitrogen and oxygen atoms in total. The largest absolute Gasteiger partial charge is 0.338 e. The number of benzene rings is 3. The maximum Gasteiger partial charge on any atom is 0.253 e. The molecule has 0 bridgehead atoms. The fourth-order valence-electron chi connectivity index (χ4n) is 5.80. The molecule has 0 aliphatic carbocycles. The van der Waals surface area contributed by atoms with E-state index < -0.39 is 0 Å². The highest BCUT2D eigenvalue weighted by Crippen LogP contribution is 2.39. The summed E-state index contributed by atoms with van der Waals surface area (Å²) < 4.78 is 0. The van der Waals surface area contributed by atoms with E-state index in [1.165, 1.54) is 16.0 Å². The van der Waals surface area contributed by atoms with Crippen LogP contribution in [0.3, 0.4) is 0 Å². The van der Waals surface area contributed by atoms with E-state index in [4.69, 9.17) is 0 Å². The minimum Gasteiger partial charge on any atom is -0.338 e. The number of fused-ring (bicyclic) bond motifs is 2. The molecule has 0 radical (unpaired) electrons. The third kappa shape index (κ3) is 4.56. The molecule has 1 saturated heterocycles. The van der Waals surface area contributed by atoms with E-state index >= 15 is 0 Å². The molecule has 4 aromatic rings. The monoisotopic (exact) mass is 509 g/mol. The van der Waals surface area contributed by atoms with Crippen molar-refractivity contribution in [1.82, 2.24) is 14.7 Å². The van der Waals surface area contributed by atoms with Crippen LogP contribution in [0.2, 0.25) is 0 Å². The van der Waals surface area contributed by atoms with Crippen LogP contribution in [0.5, 0.6) is 0 Å². The fraction of sp³-hybridized carbons (Fsp3) is 0.290. The predicted molar refractivity (Wildman–Crippen MR) is 149 cm³/mol. The van der Waals surface area contributed by atoms with Gasteiger partial charge in [0, 0.05) is 43.2 Å². The normalized spacial score (nSPS) is 19.0. The second-order valence-corrected chi connectivity index (χ2v) is 11.0. The van der Waals surface area contributed by atoms with E-state index in [-0.39, 0.29) is 23.9 Å². The molecular weight excluding hydrogens is 478 g/mol. The summed E-state index contributed by atoms with van der Waals surface area (Å²) in [5, 5.41) is 4.37. The minimum absolute atomic E-state index is 0.0380. The van der Waals surface area contributed by atoms with E-state index in [0.29, 0.717) is 31.7 Å². The van der Waals surface area contributed by atoms with Crippen molar-refractivity contribution in [2.24, 2.45) is 0 Å². The van der Waals surface area contributed by atoms with E-state index in [0.717, 1.165) is 23.7 Å². The van der Waals surface area contributed by atoms with Gasteiger partial charge in [0.15, 0.2) is 0 Å². The number of hydrogen-bond donors (Lipinski definition) is 0. The van der Waals surface area contributed by atoms with Gasteiger partial charge in [0.1, 0.15) is 0 Å². The average Bonchev–Trinajstić information content (AvgIpc) is 3.45. The summed E-state index contributed by atoms with van der Waals surface area (Å²) in [7, 11) is 0. The molecule has 2 amide bonds. The number of amides is 2. The molecule has 1 aromatic heterocycles. The van der Waals surface area contributed by atoms with E-state index in [2.05, 4.69) is 46.7 Å². The molecule has 2 aliphatic rings. The minimum atomic E-state index is -0.235. The van der Waals surface area contributed by atoms with Crippen molar-refractivity contribution in [3.05, 3.63) is 106 Å². The molecule has 3 heterocycles. The van der Waals surface area contributed by atoms with Gasteiger partial charge in [-0.25, -0.2) is 0 Å². The maximum absolute atomic E-state index is 13.7. The number of piperazine rings is 1. The van der Waals surface area contributed by atoms with Gasteiger partial charge >= 0.3 is 0 Å². The highest BCUT2D eigenvalue weighted by molar-refractivity contribution is 7.10. The first-order valence-corrected chi connectivity index (χ1v) is 13.9. The van der Waals surface area contributed by atoms with Crippen molar-refractivity contribution < 1.29 is 9.59 Å². The zero-order valence-corrected chi connectivity index (χ0v) is 21.9. The first-order chi connectivity index (χ1) is 18.1. The summed E-state index contributed by atoms with van der Waals surface area (Å²) in [6.45, 7) is 5.15. The lowest BCUT2D eigenvalue weighted by atomic mass is 9.92. The molecule has 2 unspecified atom stereocenters. The number of nitrogens with zero attached hydrogens (tertiary/aromatic N) is 3. The van der Waals surface area contributed by atoms with Crippen LogP contribution in [0.15, 0.2) is 84.2 Å². The lowest BCUT2D eigenvalue weighted by Crippen LogP contribution is -2.56. The second kappa shape index (κ2) is 10.1. The van der Waals surface area contributed by atoms with Gasteiger partial charge in [0.05, 0.1) is 12.1 Å². The molecule has 37 heavy (non-hydrogen) atoms. The molecule has 0 N–H and O–H groups in total. The second-order valence-electron chi connectivity index (χ2n) is 9.96. The van der Waals surface area contributed by atoms with Crippen LogP contribution in [-0.4, -0.2) is 65.3 Å². The van der Waals surface area contributed by atoms with Crippen LogP contribution in [-0.2, 0) is 11.2 Å². The third-order valence-corrected chi connectivity index (χ3v) is 8.84. The summed E-state index contributed by atoms with van der Waals surface area (Å²) in [5.74, 6) is 0.188. The molecule has 6 rings (SSSR count). The number of hydrogen-bond acceptors (Lipinski definition) is 4. The Labute approximate surface area is 221 Å². The van der Waals surface area contributed by atoms with Gasteiger partial charge in [-0.05, 0) is 58.8 Å². The van der Waals surface area contributed by atoms with Crippen LogP contribution >= 0.6 is 11.3 Å². The van der Waals surface area contributed by atoms with Gasteiger partial charge in [-0.1, -0.05) is 60.7 Å². The number of rotatable bonds is 4. The molecular formula is C31H31N3O2S. The molecule has 188 valence electrons. The molecule has 3 aromatic carbocycles. The van der Waals surface area contributed by atoms with Gasteiger partial charge in [-0.15, -0.1) is 11.3 Å². The summed E-state index contributed by atoms with van der Waals surface area (Å²) in [6, 6.07) is 26.6. The Morgan fingerprint density at radius 2 is 1.51 bits per heavy atom. The highest BCUT2D eigenvalue weighted by Gasteiger charge is 2.37. The number of carbonyl (C=O) groups excluding carboxylic acids is 2. The Balaban J connectivity index is 1.14. The Bertz CT molecular complexity index is 1420. The Morgan fingerprint density at radius 1 is 0.811 bits per heavy atom. The maximum atomic E-state index is 13.7. The molecule has 2 atom stereocenters. The first kappa shape index (κ1) is 23.9. The zero-order chi connectivity index (χ0) is 25.4.